The Hall–Kier alpha value is -2.92. The molecule has 1 aliphatic rings. The van der Waals surface area contributed by atoms with Crippen molar-refractivity contribution in [3.05, 3.63) is 30.6 Å². The zero-order valence-electron chi connectivity index (χ0n) is 17.5. The van der Waals surface area contributed by atoms with Gasteiger partial charge in [0, 0.05) is 24.0 Å². The molecule has 4 rings (SSSR count). The smallest absolute Gasteiger partial charge is 0.229 e. The third-order valence-electron chi connectivity index (χ3n) is 5.29. The Morgan fingerprint density at radius 1 is 1.10 bits per heavy atom. The number of rotatable bonds is 7. The van der Waals surface area contributed by atoms with E-state index in [2.05, 4.69) is 30.3 Å². The van der Waals surface area contributed by atoms with E-state index in [4.69, 9.17) is 0 Å². The summed E-state index contributed by atoms with van der Waals surface area (Å²) in [5.74, 6) is 1.08. The van der Waals surface area contributed by atoms with Gasteiger partial charge in [0.2, 0.25) is 16.0 Å². The number of sulfonamides is 1. The Morgan fingerprint density at radius 2 is 1.77 bits per heavy atom. The number of hydrogen-bond donors (Lipinski definition) is 4. The molecule has 3 aromatic rings. The maximum absolute atomic E-state index is 11.4. The van der Waals surface area contributed by atoms with E-state index in [1.165, 1.54) is 0 Å². The second-order valence-corrected chi connectivity index (χ2v) is 9.57. The van der Waals surface area contributed by atoms with E-state index in [0.29, 0.717) is 23.0 Å². The molecular formula is C20H27N7O3S. The van der Waals surface area contributed by atoms with Gasteiger partial charge in [0.05, 0.1) is 18.7 Å². The van der Waals surface area contributed by atoms with E-state index in [0.717, 1.165) is 49.8 Å². The van der Waals surface area contributed by atoms with Crippen LogP contribution >= 0.6 is 0 Å². The molecule has 0 saturated heterocycles. The van der Waals surface area contributed by atoms with Crippen molar-refractivity contribution in [2.45, 2.75) is 51.3 Å². The largest absolute Gasteiger partial charge is 0.393 e. The molecule has 0 aliphatic heterocycles. The van der Waals surface area contributed by atoms with Crippen LogP contribution in [0.3, 0.4) is 0 Å². The molecule has 2 heterocycles. The molecule has 0 unspecified atom stereocenters. The van der Waals surface area contributed by atoms with Crippen molar-refractivity contribution < 1.29 is 13.5 Å². The van der Waals surface area contributed by atoms with E-state index >= 15 is 0 Å². The molecule has 1 aliphatic carbocycles. The number of fused-ring (bicyclic) bond motifs is 1. The summed E-state index contributed by atoms with van der Waals surface area (Å²) in [5, 5.41) is 16.4. The third kappa shape index (κ3) is 5.23. The Morgan fingerprint density at radius 3 is 2.42 bits per heavy atom. The number of aliphatic hydroxyl groups is 1. The average molecular weight is 446 g/mol. The average Bonchev–Trinajstić information content (AvgIpc) is 3.13. The minimum atomic E-state index is -3.33. The van der Waals surface area contributed by atoms with Crippen molar-refractivity contribution in [3.63, 3.8) is 0 Å². The van der Waals surface area contributed by atoms with E-state index in [1.807, 2.05) is 11.5 Å². The number of aromatic nitrogens is 4. The molecule has 31 heavy (non-hydrogen) atoms. The highest BCUT2D eigenvalue weighted by atomic mass is 32.2. The van der Waals surface area contributed by atoms with Gasteiger partial charge in [-0.05, 0) is 56.9 Å². The summed E-state index contributed by atoms with van der Waals surface area (Å²) in [5.41, 5.74) is 2.62. The highest BCUT2D eigenvalue weighted by molar-refractivity contribution is 7.92. The summed E-state index contributed by atoms with van der Waals surface area (Å²) in [6, 6.07) is 7.12. The van der Waals surface area contributed by atoms with Gasteiger partial charge in [-0.1, -0.05) is 0 Å². The van der Waals surface area contributed by atoms with Gasteiger partial charge in [0.15, 0.2) is 17.0 Å². The van der Waals surface area contributed by atoms with Crippen molar-refractivity contribution in [3.8, 4) is 0 Å². The van der Waals surface area contributed by atoms with Crippen molar-refractivity contribution in [1.29, 1.82) is 0 Å². The van der Waals surface area contributed by atoms with Crippen LogP contribution in [0.5, 0.6) is 0 Å². The van der Waals surface area contributed by atoms with Crippen LogP contribution in [0.25, 0.3) is 11.2 Å². The van der Waals surface area contributed by atoms with Crippen LogP contribution in [0.4, 0.5) is 23.1 Å². The van der Waals surface area contributed by atoms with E-state index < -0.39 is 10.0 Å². The fraction of sp³-hybridized carbons (Fsp3) is 0.450. The Balaban J connectivity index is 1.60. The lowest BCUT2D eigenvalue weighted by Crippen LogP contribution is -2.29. The maximum Gasteiger partial charge on any atom is 0.229 e. The van der Waals surface area contributed by atoms with Crippen molar-refractivity contribution in [2.24, 2.45) is 0 Å². The topological polar surface area (TPSA) is 134 Å². The van der Waals surface area contributed by atoms with Gasteiger partial charge in [-0.3, -0.25) is 4.72 Å². The molecule has 166 valence electrons. The van der Waals surface area contributed by atoms with Gasteiger partial charge in [-0.25, -0.2) is 13.4 Å². The first-order chi connectivity index (χ1) is 14.8. The summed E-state index contributed by atoms with van der Waals surface area (Å²) < 4.78 is 27.2. The lowest BCUT2D eigenvalue weighted by atomic mass is 9.93. The van der Waals surface area contributed by atoms with Gasteiger partial charge in [0.25, 0.3) is 0 Å². The van der Waals surface area contributed by atoms with Gasteiger partial charge >= 0.3 is 0 Å². The van der Waals surface area contributed by atoms with E-state index in [1.54, 1.807) is 30.6 Å². The first kappa shape index (κ1) is 21.3. The van der Waals surface area contributed by atoms with Gasteiger partial charge in [0.1, 0.15) is 0 Å². The minimum Gasteiger partial charge on any atom is -0.393 e. The number of hydrogen-bond acceptors (Lipinski definition) is 8. The molecule has 1 saturated carbocycles. The molecule has 2 aromatic heterocycles. The second kappa shape index (κ2) is 8.67. The van der Waals surface area contributed by atoms with E-state index in [-0.39, 0.29) is 12.1 Å². The molecule has 10 nitrogen and oxygen atoms in total. The number of nitrogens with zero attached hydrogens (tertiary/aromatic N) is 4. The fourth-order valence-corrected chi connectivity index (χ4v) is 4.27. The molecule has 1 aromatic carbocycles. The molecule has 0 bridgehead atoms. The number of aliphatic hydroxyl groups excluding tert-OH is 1. The van der Waals surface area contributed by atoms with E-state index in [9.17, 15) is 13.5 Å². The molecule has 0 amide bonds. The lowest BCUT2D eigenvalue weighted by molar-refractivity contribution is 0.126. The number of benzene rings is 1. The first-order valence-electron chi connectivity index (χ1n) is 10.3. The van der Waals surface area contributed by atoms with Crippen LogP contribution in [0.2, 0.25) is 0 Å². The van der Waals surface area contributed by atoms with Crippen LogP contribution in [0, 0.1) is 0 Å². The summed E-state index contributed by atoms with van der Waals surface area (Å²) in [7, 11) is -3.33. The van der Waals surface area contributed by atoms with Gasteiger partial charge < -0.3 is 20.3 Å². The van der Waals surface area contributed by atoms with Crippen LogP contribution in [0.15, 0.2) is 30.6 Å². The molecule has 4 N–H and O–H groups in total. The van der Waals surface area contributed by atoms with Crippen LogP contribution in [-0.4, -0.2) is 51.4 Å². The minimum absolute atomic E-state index is 0.216. The third-order valence-corrected chi connectivity index (χ3v) is 5.89. The Labute approximate surface area is 181 Å². The molecule has 0 radical (unpaired) electrons. The molecule has 11 heteroatoms. The normalized spacial score (nSPS) is 19.3. The monoisotopic (exact) mass is 445 g/mol. The Kier molecular flexibility index (Phi) is 5.96. The van der Waals surface area contributed by atoms with Gasteiger partial charge in [-0.2, -0.15) is 9.97 Å². The number of aryl methyl sites for hydroxylation is 1. The van der Waals surface area contributed by atoms with Gasteiger partial charge in [-0.15, -0.1) is 0 Å². The van der Waals surface area contributed by atoms with Crippen molar-refractivity contribution in [1.82, 2.24) is 19.5 Å². The number of imidazole rings is 1. The summed E-state index contributed by atoms with van der Waals surface area (Å²) in [6.07, 6.45) is 5.91. The lowest BCUT2D eigenvalue weighted by Gasteiger charge is -2.26. The standard InChI is InChI=1S/C20H27N7O3S/c1-3-27-12-21-17-18(22-13-4-6-15(7-5-13)26-31(2,29)30)24-20(25-19(17)27)23-14-8-10-16(28)11-9-14/h4-7,12,14,16,26,28H,3,8-11H2,1-2H3,(H2,22,23,24,25). The summed E-state index contributed by atoms with van der Waals surface area (Å²) in [6.45, 7) is 2.76. The maximum atomic E-state index is 11.4. The molecular weight excluding hydrogens is 418 g/mol. The quantitative estimate of drug-likeness (QED) is 0.436. The second-order valence-electron chi connectivity index (χ2n) is 7.82. The Bertz CT molecular complexity index is 1150. The molecule has 1 fully saturated rings. The molecule has 0 spiro atoms. The van der Waals surface area contributed by atoms with Crippen LogP contribution < -0.4 is 15.4 Å². The van der Waals surface area contributed by atoms with Crippen molar-refractivity contribution in [2.75, 3.05) is 21.6 Å². The number of nitrogens with one attached hydrogen (secondary N) is 3. The summed E-state index contributed by atoms with van der Waals surface area (Å²) in [4.78, 5) is 13.8. The SMILES string of the molecule is CCn1cnc2c(Nc3ccc(NS(C)(=O)=O)cc3)nc(NC3CCC(O)CC3)nc21. The predicted octanol–water partition coefficient (Wildman–Crippen LogP) is 2.68. The highest BCUT2D eigenvalue weighted by Gasteiger charge is 2.21. The summed E-state index contributed by atoms with van der Waals surface area (Å²) >= 11 is 0. The zero-order chi connectivity index (χ0) is 22.0. The number of anilines is 4. The highest BCUT2D eigenvalue weighted by Crippen LogP contribution is 2.27. The van der Waals surface area contributed by atoms with Crippen LogP contribution in [0.1, 0.15) is 32.6 Å². The van der Waals surface area contributed by atoms with Crippen molar-refractivity contribution >= 4 is 44.3 Å². The van der Waals surface area contributed by atoms with Crippen LogP contribution in [-0.2, 0) is 16.6 Å². The predicted molar refractivity (Wildman–Crippen MR) is 121 cm³/mol. The molecule has 0 atom stereocenters. The zero-order valence-corrected chi connectivity index (χ0v) is 18.4. The fourth-order valence-electron chi connectivity index (χ4n) is 3.70. The first-order valence-corrected chi connectivity index (χ1v) is 12.2.